The molecular weight excluding hydrogens is 261 g/mol. The summed E-state index contributed by atoms with van der Waals surface area (Å²) < 4.78 is 13.1. The van der Waals surface area contributed by atoms with E-state index in [2.05, 4.69) is 0 Å². The van der Waals surface area contributed by atoms with Crippen LogP contribution in [0.15, 0.2) is 35.7 Å². The molecule has 4 heteroatoms. The van der Waals surface area contributed by atoms with Crippen LogP contribution in [0.3, 0.4) is 0 Å². The second-order valence-corrected chi connectivity index (χ2v) is 5.55. The van der Waals surface area contributed by atoms with Crippen LogP contribution in [0.1, 0.15) is 33.8 Å². The van der Waals surface area contributed by atoms with Crippen molar-refractivity contribution in [2.24, 2.45) is 0 Å². The van der Waals surface area contributed by atoms with Gasteiger partial charge in [0.2, 0.25) is 0 Å². The lowest BCUT2D eigenvalue weighted by Crippen LogP contribution is -2.29. The predicted molar refractivity (Wildman–Crippen MR) is 76.0 cm³/mol. The van der Waals surface area contributed by atoms with Crippen molar-refractivity contribution in [1.29, 1.82) is 0 Å². The third-order valence-electron chi connectivity index (χ3n) is 3.28. The molecule has 0 saturated carbocycles. The second kappa shape index (κ2) is 5.53. The van der Waals surface area contributed by atoms with Crippen molar-refractivity contribution in [3.63, 3.8) is 0 Å². The van der Waals surface area contributed by atoms with Crippen LogP contribution in [0.5, 0.6) is 0 Å². The highest BCUT2D eigenvalue weighted by atomic mass is 32.1. The summed E-state index contributed by atoms with van der Waals surface area (Å²) in [5, 5.41) is 1.99. The van der Waals surface area contributed by atoms with Crippen LogP contribution in [-0.2, 0) is 0 Å². The number of aryl methyl sites for hydroxylation is 1. The Balaban J connectivity index is 2.24. The SMILES string of the molecule is Cc1cc(F)ccc1C(=O)N(C)C(C)c1cccs1. The molecule has 0 aliphatic carbocycles. The van der Waals surface area contributed by atoms with Crippen molar-refractivity contribution in [2.75, 3.05) is 7.05 Å². The van der Waals surface area contributed by atoms with E-state index in [1.165, 1.54) is 12.1 Å². The summed E-state index contributed by atoms with van der Waals surface area (Å²) >= 11 is 1.62. The van der Waals surface area contributed by atoms with E-state index in [0.717, 1.165) is 4.88 Å². The molecule has 0 radical (unpaired) electrons. The van der Waals surface area contributed by atoms with Gasteiger partial charge >= 0.3 is 0 Å². The first-order chi connectivity index (χ1) is 9.00. The molecule has 0 saturated heterocycles. The van der Waals surface area contributed by atoms with Crippen molar-refractivity contribution in [3.05, 3.63) is 57.5 Å². The minimum absolute atomic E-state index is 0.0111. The Labute approximate surface area is 116 Å². The predicted octanol–water partition coefficient (Wildman–Crippen LogP) is 4.03. The third kappa shape index (κ3) is 2.84. The Kier molecular flexibility index (Phi) is 4.00. The van der Waals surface area contributed by atoms with Crippen molar-refractivity contribution < 1.29 is 9.18 Å². The summed E-state index contributed by atoms with van der Waals surface area (Å²) in [6.45, 7) is 3.74. The van der Waals surface area contributed by atoms with Crippen LogP contribution >= 0.6 is 11.3 Å². The molecule has 0 aliphatic rings. The highest BCUT2D eigenvalue weighted by Crippen LogP contribution is 2.25. The highest BCUT2D eigenvalue weighted by Gasteiger charge is 2.20. The van der Waals surface area contributed by atoms with Crippen LogP contribution in [0, 0.1) is 12.7 Å². The Morgan fingerprint density at radius 3 is 2.68 bits per heavy atom. The van der Waals surface area contributed by atoms with Gasteiger partial charge in [0.1, 0.15) is 5.82 Å². The van der Waals surface area contributed by atoms with Gasteiger partial charge in [0, 0.05) is 17.5 Å². The molecule has 1 aromatic heterocycles. The van der Waals surface area contributed by atoms with E-state index in [4.69, 9.17) is 0 Å². The van der Waals surface area contributed by atoms with Gasteiger partial charge in [-0.05, 0) is 49.1 Å². The molecule has 1 atom stereocenters. The molecule has 1 aromatic carbocycles. The van der Waals surface area contributed by atoms with Gasteiger partial charge in [-0.25, -0.2) is 4.39 Å². The Morgan fingerprint density at radius 2 is 2.11 bits per heavy atom. The number of amides is 1. The third-order valence-corrected chi connectivity index (χ3v) is 4.32. The molecule has 2 nitrogen and oxygen atoms in total. The van der Waals surface area contributed by atoms with Gasteiger partial charge in [0.15, 0.2) is 0 Å². The molecule has 0 fully saturated rings. The van der Waals surface area contributed by atoms with Gasteiger partial charge in [-0.1, -0.05) is 6.07 Å². The maximum atomic E-state index is 13.1. The number of carbonyl (C=O) groups excluding carboxylic acids is 1. The maximum absolute atomic E-state index is 13.1. The summed E-state index contributed by atoms with van der Waals surface area (Å²) in [5.74, 6) is -0.401. The number of hydrogen-bond donors (Lipinski definition) is 0. The number of thiophene rings is 1. The van der Waals surface area contributed by atoms with Gasteiger partial charge < -0.3 is 4.90 Å². The minimum atomic E-state index is -0.317. The number of rotatable bonds is 3. The van der Waals surface area contributed by atoms with Crippen LogP contribution in [0.2, 0.25) is 0 Å². The van der Waals surface area contributed by atoms with E-state index in [1.54, 1.807) is 36.3 Å². The number of hydrogen-bond acceptors (Lipinski definition) is 2. The summed E-state index contributed by atoms with van der Waals surface area (Å²) in [5.41, 5.74) is 1.21. The maximum Gasteiger partial charge on any atom is 0.254 e. The molecule has 2 aromatic rings. The zero-order valence-corrected chi connectivity index (χ0v) is 12.0. The zero-order valence-electron chi connectivity index (χ0n) is 11.2. The smallest absolute Gasteiger partial charge is 0.254 e. The van der Waals surface area contributed by atoms with E-state index < -0.39 is 0 Å². The molecule has 1 amide bonds. The van der Waals surface area contributed by atoms with Crippen molar-refractivity contribution >= 4 is 17.2 Å². The monoisotopic (exact) mass is 277 g/mol. The van der Waals surface area contributed by atoms with E-state index in [-0.39, 0.29) is 17.8 Å². The number of nitrogens with zero attached hydrogens (tertiary/aromatic N) is 1. The summed E-state index contributed by atoms with van der Waals surface area (Å²) in [4.78, 5) is 15.2. The van der Waals surface area contributed by atoms with Crippen LogP contribution in [-0.4, -0.2) is 17.9 Å². The lowest BCUT2D eigenvalue weighted by molar-refractivity contribution is 0.0744. The normalized spacial score (nSPS) is 12.2. The lowest BCUT2D eigenvalue weighted by atomic mass is 10.1. The fourth-order valence-electron chi connectivity index (χ4n) is 1.95. The zero-order chi connectivity index (χ0) is 14.0. The van der Waals surface area contributed by atoms with Crippen LogP contribution in [0.25, 0.3) is 0 Å². The van der Waals surface area contributed by atoms with E-state index in [9.17, 15) is 9.18 Å². The van der Waals surface area contributed by atoms with Gasteiger partial charge in [-0.2, -0.15) is 0 Å². The average Bonchev–Trinajstić information content (AvgIpc) is 2.90. The summed E-state index contributed by atoms with van der Waals surface area (Å²) in [6, 6.07) is 8.25. The summed E-state index contributed by atoms with van der Waals surface area (Å²) in [7, 11) is 1.77. The average molecular weight is 277 g/mol. The topological polar surface area (TPSA) is 20.3 Å². The first-order valence-electron chi connectivity index (χ1n) is 6.07. The Hall–Kier alpha value is -1.68. The van der Waals surface area contributed by atoms with Crippen molar-refractivity contribution in [2.45, 2.75) is 19.9 Å². The van der Waals surface area contributed by atoms with Crippen molar-refractivity contribution in [1.82, 2.24) is 4.90 Å². The number of carbonyl (C=O) groups is 1. The van der Waals surface area contributed by atoms with Gasteiger partial charge in [-0.3, -0.25) is 4.79 Å². The largest absolute Gasteiger partial charge is 0.334 e. The van der Waals surface area contributed by atoms with E-state index in [0.29, 0.717) is 11.1 Å². The molecular formula is C15H16FNOS. The van der Waals surface area contributed by atoms with E-state index >= 15 is 0 Å². The second-order valence-electron chi connectivity index (χ2n) is 4.57. The molecule has 1 heterocycles. The first-order valence-corrected chi connectivity index (χ1v) is 6.95. The highest BCUT2D eigenvalue weighted by molar-refractivity contribution is 7.10. The van der Waals surface area contributed by atoms with Crippen LogP contribution < -0.4 is 0 Å². The minimum Gasteiger partial charge on any atom is -0.334 e. The molecule has 0 aliphatic heterocycles. The molecule has 0 spiro atoms. The van der Waals surface area contributed by atoms with Gasteiger partial charge in [0.05, 0.1) is 6.04 Å². The Bertz CT molecular complexity index is 580. The molecule has 100 valence electrons. The summed E-state index contributed by atoms with van der Waals surface area (Å²) in [6.07, 6.45) is 0. The molecule has 19 heavy (non-hydrogen) atoms. The quantitative estimate of drug-likeness (QED) is 0.829. The van der Waals surface area contributed by atoms with Crippen molar-refractivity contribution in [3.8, 4) is 0 Å². The fraction of sp³-hybridized carbons (Fsp3) is 0.267. The van der Waals surface area contributed by atoms with Gasteiger partial charge in [0.25, 0.3) is 5.91 Å². The number of halogens is 1. The molecule has 1 unspecified atom stereocenters. The van der Waals surface area contributed by atoms with E-state index in [1.807, 2.05) is 24.4 Å². The molecule has 2 rings (SSSR count). The Morgan fingerprint density at radius 1 is 1.37 bits per heavy atom. The first kappa shape index (κ1) is 13.7. The van der Waals surface area contributed by atoms with Gasteiger partial charge in [-0.15, -0.1) is 11.3 Å². The van der Waals surface area contributed by atoms with Crippen LogP contribution in [0.4, 0.5) is 4.39 Å². The molecule has 0 bridgehead atoms. The lowest BCUT2D eigenvalue weighted by Gasteiger charge is -2.24. The molecule has 0 N–H and O–H groups in total. The fourth-order valence-corrected chi connectivity index (χ4v) is 2.78. The standard InChI is InChI=1S/C15H16FNOS/c1-10-9-12(16)6-7-13(10)15(18)17(3)11(2)14-5-4-8-19-14/h4-9,11H,1-3H3. The number of benzene rings is 1.